The topological polar surface area (TPSA) is 53.6 Å². The highest BCUT2D eigenvalue weighted by molar-refractivity contribution is 5.85. The zero-order valence-electron chi connectivity index (χ0n) is 14.0. The van der Waals surface area contributed by atoms with Gasteiger partial charge in [-0.15, -0.1) is 12.4 Å². The molecular weight excluding hydrogens is 314 g/mol. The summed E-state index contributed by atoms with van der Waals surface area (Å²) >= 11 is 0. The highest BCUT2D eigenvalue weighted by atomic mass is 35.5. The van der Waals surface area contributed by atoms with Crippen LogP contribution in [0.3, 0.4) is 0 Å². The molecule has 5 nitrogen and oxygen atoms in total. The van der Waals surface area contributed by atoms with Gasteiger partial charge in [-0.2, -0.15) is 0 Å². The van der Waals surface area contributed by atoms with Gasteiger partial charge in [0.2, 0.25) is 5.91 Å². The van der Waals surface area contributed by atoms with Crippen LogP contribution in [-0.4, -0.2) is 51.1 Å². The predicted molar refractivity (Wildman–Crippen MR) is 95.2 cm³/mol. The fourth-order valence-corrected chi connectivity index (χ4v) is 2.94. The summed E-state index contributed by atoms with van der Waals surface area (Å²) in [5, 5.41) is 6.22. The lowest BCUT2D eigenvalue weighted by Gasteiger charge is -2.31. The van der Waals surface area contributed by atoms with E-state index in [-0.39, 0.29) is 18.3 Å². The number of rotatable bonds is 7. The van der Waals surface area contributed by atoms with Gasteiger partial charge >= 0.3 is 0 Å². The Bertz CT molecular complexity index is 477. The number of nitrogens with zero attached hydrogens (tertiary/aromatic N) is 1. The summed E-state index contributed by atoms with van der Waals surface area (Å²) < 4.78 is 5.29. The molecule has 1 aliphatic heterocycles. The molecule has 1 fully saturated rings. The van der Waals surface area contributed by atoms with E-state index in [9.17, 15) is 4.79 Å². The molecule has 0 saturated carbocycles. The van der Waals surface area contributed by atoms with Gasteiger partial charge in [-0.1, -0.05) is 18.2 Å². The summed E-state index contributed by atoms with van der Waals surface area (Å²) in [6.45, 7) is 4.09. The van der Waals surface area contributed by atoms with Crippen molar-refractivity contribution in [1.29, 1.82) is 0 Å². The summed E-state index contributed by atoms with van der Waals surface area (Å²) in [4.78, 5) is 14.3. The lowest BCUT2D eigenvalue weighted by atomic mass is 9.97. The van der Waals surface area contributed by atoms with Crippen LogP contribution in [0.25, 0.3) is 0 Å². The third kappa shape index (κ3) is 6.37. The number of benzene rings is 1. The molecule has 1 amide bonds. The van der Waals surface area contributed by atoms with E-state index in [0.717, 1.165) is 36.9 Å². The Kier molecular flexibility index (Phi) is 8.99. The van der Waals surface area contributed by atoms with E-state index in [1.54, 1.807) is 7.11 Å². The second-order valence-corrected chi connectivity index (χ2v) is 5.87. The van der Waals surface area contributed by atoms with Crippen molar-refractivity contribution >= 4 is 18.3 Å². The van der Waals surface area contributed by atoms with E-state index in [1.165, 1.54) is 12.8 Å². The van der Waals surface area contributed by atoms with E-state index in [2.05, 4.69) is 15.5 Å². The fraction of sp³-hybridized carbons (Fsp3) is 0.588. The van der Waals surface area contributed by atoms with Gasteiger partial charge in [0.1, 0.15) is 5.75 Å². The number of halogens is 1. The molecule has 1 aliphatic rings. The number of hydrogen-bond donors (Lipinski definition) is 2. The lowest BCUT2D eigenvalue weighted by Crippen LogP contribution is -2.42. The maximum Gasteiger partial charge on any atom is 0.234 e. The van der Waals surface area contributed by atoms with Crippen LogP contribution in [0.15, 0.2) is 24.3 Å². The number of likely N-dealkylation sites (tertiary alicyclic amines) is 1. The van der Waals surface area contributed by atoms with E-state index in [0.29, 0.717) is 13.1 Å². The number of carbonyl (C=O) groups excluding carboxylic acids is 1. The first kappa shape index (κ1) is 19.7. The zero-order valence-corrected chi connectivity index (χ0v) is 14.8. The van der Waals surface area contributed by atoms with Gasteiger partial charge in [-0.25, -0.2) is 0 Å². The second-order valence-electron chi connectivity index (χ2n) is 5.87. The number of hydrogen-bond acceptors (Lipinski definition) is 4. The van der Waals surface area contributed by atoms with Crippen molar-refractivity contribution < 1.29 is 9.53 Å². The fourth-order valence-electron chi connectivity index (χ4n) is 2.94. The Balaban J connectivity index is 0.00000264. The monoisotopic (exact) mass is 341 g/mol. The number of amides is 1. The molecule has 1 saturated heterocycles. The predicted octanol–water partition coefficient (Wildman–Crippen LogP) is 1.66. The smallest absolute Gasteiger partial charge is 0.234 e. The van der Waals surface area contributed by atoms with Crippen LogP contribution in [0.4, 0.5) is 0 Å². The molecule has 0 aliphatic carbocycles. The van der Waals surface area contributed by atoms with Crippen molar-refractivity contribution in [2.75, 3.05) is 40.3 Å². The molecule has 0 bridgehead atoms. The quantitative estimate of drug-likeness (QED) is 0.792. The Hall–Kier alpha value is -1.30. The third-order valence-electron chi connectivity index (χ3n) is 4.24. The molecule has 130 valence electrons. The van der Waals surface area contributed by atoms with Gasteiger partial charge in [0.15, 0.2) is 0 Å². The summed E-state index contributed by atoms with van der Waals surface area (Å²) in [5.74, 6) is 1.64. The van der Waals surface area contributed by atoms with Crippen LogP contribution in [-0.2, 0) is 11.3 Å². The average Bonchev–Trinajstić information content (AvgIpc) is 2.55. The van der Waals surface area contributed by atoms with Gasteiger partial charge < -0.3 is 15.4 Å². The highest BCUT2D eigenvalue weighted by Crippen LogP contribution is 2.17. The van der Waals surface area contributed by atoms with Gasteiger partial charge in [0.05, 0.1) is 13.7 Å². The molecular formula is C17H28ClN3O2. The molecule has 2 rings (SSSR count). The molecule has 0 spiro atoms. The number of nitrogens with one attached hydrogen (secondary N) is 2. The molecule has 0 atom stereocenters. The van der Waals surface area contributed by atoms with Crippen LogP contribution in [0, 0.1) is 5.92 Å². The van der Waals surface area contributed by atoms with Crippen LogP contribution in [0.5, 0.6) is 5.75 Å². The van der Waals surface area contributed by atoms with E-state index in [4.69, 9.17) is 4.74 Å². The maximum atomic E-state index is 12.1. The first-order valence-electron chi connectivity index (χ1n) is 7.98. The molecule has 2 N–H and O–H groups in total. The van der Waals surface area contributed by atoms with Crippen LogP contribution < -0.4 is 15.4 Å². The molecule has 6 heteroatoms. The number of ether oxygens (including phenoxy) is 1. The Morgan fingerprint density at radius 2 is 2.00 bits per heavy atom. The molecule has 0 unspecified atom stereocenters. The van der Waals surface area contributed by atoms with E-state index >= 15 is 0 Å². The summed E-state index contributed by atoms with van der Waals surface area (Å²) in [6, 6.07) is 7.77. The van der Waals surface area contributed by atoms with E-state index in [1.807, 2.05) is 31.3 Å². The maximum absolute atomic E-state index is 12.1. The second kappa shape index (κ2) is 10.5. The Morgan fingerprint density at radius 3 is 2.65 bits per heavy atom. The molecule has 1 aromatic carbocycles. The minimum atomic E-state index is 0. The van der Waals surface area contributed by atoms with Crippen molar-refractivity contribution in [1.82, 2.24) is 15.5 Å². The first-order chi connectivity index (χ1) is 10.7. The van der Waals surface area contributed by atoms with Gasteiger partial charge in [-0.3, -0.25) is 9.69 Å². The van der Waals surface area contributed by atoms with E-state index < -0.39 is 0 Å². The first-order valence-corrected chi connectivity index (χ1v) is 7.98. The van der Waals surface area contributed by atoms with Crippen molar-refractivity contribution in [3.8, 4) is 5.75 Å². The van der Waals surface area contributed by atoms with Gasteiger partial charge in [-0.05, 0) is 51.5 Å². The van der Waals surface area contributed by atoms with Crippen LogP contribution in [0.1, 0.15) is 18.4 Å². The lowest BCUT2D eigenvalue weighted by molar-refractivity contribution is -0.122. The minimum Gasteiger partial charge on any atom is -0.496 e. The SMILES string of the molecule is CNCC1CCN(CC(=O)NCc2ccccc2OC)CC1.Cl. The summed E-state index contributed by atoms with van der Waals surface area (Å²) in [7, 11) is 3.65. The number of methoxy groups -OCH3 is 1. The van der Waals surface area contributed by atoms with Crippen molar-refractivity contribution in [2.45, 2.75) is 19.4 Å². The Morgan fingerprint density at radius 1 is 1.30 bits per heavy atom. The van der Waals surface area contributed by atoms with Crippen LogP contribution >= 0.6 is 12.4 Å². The molecule has 1 aromatic rings. The van der Waals surface area contributed by atoms with Crippen molar-refractivity contribution in [3.63, 3.8) is 0 Å². The van der Waals surface area contributed by atoms with Crippen molar-refractivity contribution in [3.05, 3.63) is 29.8 Å². The molecule has 23 heavy (non-hydrogen) atoms. The van der Waals surface area contributed by atoms with Gasteiger partial charge in [0.25, 0.3) is 0 Å². The number of para-hydroxylation sites is 1. The molecule has 0 radical (unpaired) electrons. The largest absolute Gasteiger partial charge is 0.496 e. The average molecular weight is 342 g/mol. The molecule has 0 aromatic heterocycles. The standard InChI is InChI=1S/C17H27N3O2.ClH/c1-18-11-14-7-9-20(10-8-14)13-17(21)19-12-15-5-3-4-6-16(15)22-2;/h3-6,14,18H,7-13H2,1-2H3,(H,19,21);1H. The van der Waals surface area contributed by atoms with Crippen molar-refractivity contribution in [2.24, 2.45) is 5.92 Å². The van der Waals surface area contributed by atoms with Gasteiger partial charge in [0, 0.05) is 12.1 Å². The highest BCUT2D eigenvalue weighted by Gasteiger charge is 2.20. The summed E-state index contributed by atoms with van der Waals surface area (Å²) in [6.07, 6.45) is 2.33. The Labute approximate surface area is 145 Å². The molecule has 1 heterocycles. The minimum absolute atomic E-state index is 0. The number of carbonyl (C=O) groups is 1. The normalized spacial score (nSPS) is 15.7. The number of piperidine rings is 1. The third-order valence-corrected chi connectivity index (χ3v) is 4.24. The zero-order chi connectivity index (χ0) is 15.8. The van der Waals surface area contributed by atoms with Crippen LogP contribution in [0.2, 0.25) is 0 Å². The summed E-state index contributed by atoms with van der Waals surface area (Å²) in [5.41, 5.74) is 1.01.